The maximum Gasteiger partial charge on any atom is 0.309 e. The van der Waals surface area contributed by atoms with Crippen molar-refractivity contribution in [1.29, 1.82) is 0 Å². The van der Waals surface area contributed by atoms with Gasteiger partial charge >= 0.3 is 5.97 Å². The zero-order chi connectivity index (χ0) is 10.6. The van der Waals surface area contributed by atoms with E-state index in [0.29, 0.717) is 6.42 Å². The molecule has 1 aliphatic carbocycles. The Labute approximate surface area is 85.1 Å². The Bertz CT molecular complexity index is 195. The predicted octanol–water partition coefficient (Wildman–Crippen LogP) is 2.04. The molecule has 1 fully saturated rings. The first kappa shape index (κ1) is 11.5. The van der Waals surface area contributed by atoms with Crippen molar-refractivity contribution >= 4 is 5.97 Å². The van der Waals surface area contributed by atoms with Gasteiger partial charge in [-0.2, -0.15) is 0 Å². The molecule has 0 spiro atoms. The monoisotopic (exact) mass is 200 g/mol. The predicted molar refractivity (Wildman–Crippen MR) is 54.0 cm³/mol. The fourth-order valence-electron chi connectivity index (χ4n) is 2.47. The zero-order valence-electron chi connectivity index (χ0n) is 8.83. The molecular weight excluding hydrogens is 180 g/mol. The molecule has 0 bridgehead atoms. The van der Waals surface area contributed by atoms with Gasteiger partial charge < -0.3 is 10.2 Å². The number of aliphatic carboxylic acids is 1. The molecule has 0 radical (unpaired) electrons. The summed E-state index contributed by atoms with van der Waals surface area (Å²) in [6.07, 6.45) is 5.38. The van der Waals surface area contributed by atoms with Gasteiger partial charge in [-0.3, -0.25) is 4.79 Å². The molecule has 0 amide bonds. The Hall–Kier alpha value is -0.570. The van der Waals surface area contributed by atoms with Crippen LogP contribution in [0.15, 0.2) is 0 Å². The topological polar surface area (TPSA) is 57.5 Å². The molecule has 3 heteroatoms. The number of aliphatic hydroxyl groups is 1. The van der Waals surface area contributed by atoms with E-state index in [9.17, 15) is 9.90 Å². The lowest BCUT2D eigenvalue weighted by Crippen LogP contribution is -2.35. The van der Waals surface area contributed by atoms with Crippen LogP contribution in [0, 0.1) is 11.3 Å². The van der Waals surface area contributed by atoms with Crippen LogP contribution < -0.4 is 0 Å². The summed E-state index contributed by atoms with van der Waals surface area (Å²) in [5.74, 6) is -0.568. The van der Waals surface area contributed by atoms with Crippen LogP contribution in [-0.2, 0) is 4.79 Å². The Morgan fingerprint density at radius 2 is 1.93 bits per heavy atom. The minimum absolute atomic E-state index is 0.0923. The summed E-state index contributed by atoms with van der Waals surface area (Å²) < 4.78 is 0. The average molecular weight is 200 g/mol. The van der Waals surface area contributed by atoms with Gasteiger partial charge in [-0.05, 0) is 25.2 Å². The van der Waals surface area contributed by atoms with E-state index in [0.717, 1.165) is 32.1 Å². The van der Waals surface area contributed by atoms with Crippen LogP contribution in [0.25, 0.3) is 0 Å². The lowest BCUT2D eigenvalue weighted by Gasteiger charge is -2.34. The molecule has 1 aliphatic rings. The van der Waals surface area contributed by atoms with Gasteiger partial charge in [-0.1, -0.05) is 26.2 Å². The van der Waals surface area contributed by atoms with E-state index in [-0.39, 0.29) is 12.5 Å². The SMILES string of the molecule is CC(CO)CC1(C(=O)O)CCCCC1. The molecule has 1 saturated carbocycles. The van der Waals surface area contributed by atoms with Crippen molar-refractivity contribution in [3.63, 3.8) is 0 Å². The number of aliphatic hydroxyl groups excluding tert-OH is 1. The molecule has 0 aromatic rings. The fraction of sp³-hybridized carbons (Fsp3) is 0.909. The van der Waals surface area contributed by atoms with Gasteiger partial charge in [0.05, 0.1) is 5.41 Å². The van der Waals surface area contributed by atoms with E-state index in [2.05, 4.69) is 0 Å². The first-order chi connectivity index (χ1) is 6.60. The third kappa shape index (κ3) is 2.47. The maximum absolute atomic E-state index is 11.2. The van der Waals surface area contributed by atoms with Crippen LogP contribution in [-0.4, -0.2) is 22.8 Å². The Balaban J connectivity index is 2.65. The molecule has 0 heterocycles. The number of hydrogen-bond acceptors (Lipinski definition) is 2. The van der Waals surface area contributed by atoms with Crippen molar-refractivity contribution in [2.45, 2.75) is 45.4 Å². The second-order valence-corrected chi connectivity index (χ2v) is 4.64. The molecule has 0 saturated heterocycles. The highest BCUT2D eigenvalue weighted by Crippen LogP contribution is 2.41. The summed E-state index contributed by atoms with van der Waals surface area (Å²) in [7, 11) is 0. The Morgan fingerprint density at radius 3 is 2.36 bits per heavy atom. The van der Waals surface area contributed by atoms with Gasteiger partial charge in [-0.25, -0.2) is 0 Å². The second kappa shape index (κ2) is 4.78. The maximum atomic E-state index is 11.2. The molecule has 82 valence electrons. The molecule has 0 aromatic carbocycles. The van der Waals surface area contributed by atoms with E-state index < -0.39 is 11.4 Å². The van der Waals surface area contributed by atoms with Gasteiger partial charge in [0.15, 0.2) is 0 Å². The molecule has 1 rings (SSSR count). The molecule has 3 nitrogen and oxygen atoms in total. The zero-order valence-corrected chi connectivity index (χ0v) is 8.83. The second-order valence-electron chi connectivity index (χ2n) is 4.64. The molecule has 14 heavy (non-hydrogen) atoms. The number of carboxylic acids is 1. The number of carbonyl (C=O) groups is 1. The lowest BCUT2D eigenvalue weighted by atomic mass is 9.69. The minimum Gasteiger partial charge on any atom is -0.481 e. The molecule has 0 aromatic heterocycles. The minimum atomic E-state index is -0.669. The van der Waals surface area contributed by atoms with Crippen molar-refractivity contribution in [2.75, 3.05) is 6.61 Å². The Kier molecular flexibility index (Phi) is 3.93. The highest BCUT2D eigenvalue weighted by Gasteiger charge is 2.40. The lowest BCUT2D eigenvalue weighted by molar-refractivity contribution is -0.152. The fourth-order valence-corrected chi connectivity index (χ4v) is 2.47. The van der Waals surface area contributed by atoms with Crippen molar-refractivity contribution in [3.05, 3.63) is 0 Å². The first-order valence-electron chi connectivity index (χ1n) is 5.45. The van der Waals surface area contributed by atoms with E-state index >= 15 is 0 Å². The summed E-state index contributed by atoms with van der Waals surface area (Å²) in [4.78, 5) is 11.2. The molecule has 1 atom stereocenters. The third-order valence-corrected chi connectivity index (χ3v) is 3.32. The number of rotatable bonds is 4. The summed E-state index contributed by atoms with van der Waals surface area (Å²) in [5.41, 5.74) is -0.541. The quantitative estimate of drug-likeness (QED) is 0.730. The van der Waals surface area contributed by atoms with Crippen LogP contribution in [0.1, 0.15) is 45.4 Å². The van der Waals surface area contributed by atoms with Gasteiger partial charge in [0, 0.05) is 6.61 Å². The van der Waals surface area contributed by atoms with Gasteiger partial charge in [-0.15, -0.1) is 0 Å². The molecule has 1 unspecified atom stereocenters. The Morgan fingerprint density at radius 1 is 1.36 bits per heavy atom. The number of hydrogen-bond donors (Lipinski definition) is 2. The molecule has 2 N–H and O–H groups in total. The van der Waals surface area contributed by atoms with Crippen molar-refractivity contribution in [2.24, 2.45) is 11.3 Å². The largest absolute Gasteiger partial charge is 0.481 e. The van der Waals surface area contributed by atoms with E-state index in [4.69, 9.17) is 5.11 Å². The normalized spacial score (nSPS) is 23.0. The number of carboxylic acid groups (broad SMARTS) is 1. The van der Waals surface area contributed by atoms with Crippen LogP contribution in [0.4, 0.5) is 0 Å². The van der Waals surface area contributed by atoms with Crippen LogP contribution in [0.5, 0.6) is 0 Å². The van der Waals surface area contributed by atoms with E-state index in [1.807, 2.05) is 6.92 Å². The third-order valence-electron chi connectivity index (χ3n) is 3.32. The summed E-state index contributed by atoms with van der Waals surface area (Å²) in [6, 6.07) is 0. The van der Waals surface area contributed by atoms with Crippen molar-refractivity contribution in [1.82, 2.24) is 0 Å². The standard InChI is InChI=1S/C11H20O3/c1-9(8-12)7-11(10(13)14)5-3-2-4-6-11/h9,12H,2-8H2,1H3,(H,13,14). The van der Waals surface area contributed by atoms with E-state index in [1.54, 1.807) is 0 Å². The summed E-state index contributed by atoms with van der Waals surface area (Å²) >= 11 is 0. The molecule has 0 aliphatic heterocycles. The highest BCUT2D eigenvalue weighted by molar-refractivity contribution is 5.74. The van der Waals surface area contributed by atoms with Crippen LogP contribution in [0.3, 0.4) is 0 Å². The first-order valence-corrected chi connectivity index (χ1v) is 5.45. The van der Waals surface area contributed by atoms with Crippen molar-refractivity contribution < 1.29 is 15.0 Å². The van der Waals surface area contributed by atoms with Crippen LogP contribution >= 0.6 is 0 Å². The van der Waals surface area contributed by atoms with Gasteiger partial charge in [0.25, 0.3) is 0 Å². The highest BCUT2D eigenvalue weighted by atomic mass is 16.4. The summed E-state index contributed by atoms with van der Waals surface area (Å²) in [5, 5.41) is 18.2. The van der Waals surface area contributed by atoms with Crippen molar-refractivity contribution in [3.8, 4) is 0 Å². The van der Waals surface area contributed by atoms with Gasteiger partial charge in [0.1, 0.15) is 0 Å². The summed E-state index contributed by atoms with van der Waals surface area (Å²) in [6.45, 7) is 2.01. The van der Waals surface area contributed by atoms with Crippen LogP contribution in [0.2, 0.25) is 0 Å². The average Bonchev–Trinajstić information content (AvgIpc) is 2.19. The smallest absolute Gasteiger partial charge is 0.309 e. The van der Waals surface area contributed by atoms with E-state index in [1.165, 1.54) is 0 Å². The molecular formula is C11H20O3. The van der Waals surface area contributed by atoms with Gasteiger partial charge in [0.2, 0.25) is 0 Å².